The third kappa shape index (κ3) is 3.53. The molecule has 0 aliphatic carbocycles. The quantitative estimate of drug-likeness (QED) is 0.827. The fourth-order valence-corrected chi connectivity index (χ4v) is 2.38. The first-order chi connectivity index (χ1) is 9.24. The van der Waals surface area contributed by atoms with Crippen LogP contribution < -0.4 is 5.32 Å². The molecule has 0 bridgehead atoms. The maximum atomic E-state index is 12.2. The second-order valence-corrected chi connectivity index (χ2v) is 5.00. The van der Waals surface area contributed by atoms with Gasteiger partial charge in [0.25, 0.3) is 5.91 Å². The van der Waals surface area contributed by atoms with Crippen molar-refractivity contribution in [2.45, 2.75) is 33.1 Å². The SMILES string of the molecule is CCNCC1CCN(C(=O)c2n[nH]c(CC)n2)CC1. The van der Waals surface area contributed by atoms with Crippen LogP contribution in [0.25, 0.3) is 0 Å². The Labute approximate surface area is 114 Å². The monoisotopic (exact) mass is 265 g/mol. The van der Waals surface area contributed by atoms with E-state index in [0.29, 0.717) is 11.7 Å². The van der Waals surface area contributed by atoms with Gasteiger partial charge in [0.05, 0.1) is 0 Å². The molecule has 1 amide bonds. The van der Waals surface area contributed by atoms with Crippen LogP contribution in [0.3, 0.4) is 0 Å². The average molecular weight is 265 g/mol. The van der Waals surface area contributed by atoms with Crippen LogP contribution in [0.2, 0.25) is 0 Å². The van der Waals surface area contributed by atoms with Crippen LogP contribution in [0.4, 0.5) is 0 Å². The number of H-pyrrole nitrogens is 1. The highest BCUT2D eigenvalue weighted by Gasteiger charge is 2.25. The second-order valence-electron chi connectivity index (χ2n) is 5.00. The fraction of sp³-hybridized carbons (Fsp3) is 0.769. The van der Waals surface area contributed by atoms with Crippen molar-refractivity contribution in [1.82, 2.24) is 25.4 Å². The van der Waals surface area contributed by atoms with Crippen molar-refractivity contribution in [3.8, 4) is 0 Å². The molecule has 2 N–H and O–H groups in total. The van der Waals surface area contributed by atoms with Gasteiger partial charge in [-0.25, -0.2) is 4.98 Å². The van der Waals surface area contributed by atoms with E-state index >= 15 is 0 Å². The summed E-state index contributed by atoms with van der Waals surface area (Å²) in [5.74, 6) is 1.72. The summed E-state index contributed by atoms with van der Waals surface area (Å²) in [5, 5.41) is 10.2. The molecule has 0 radical (unpaired) electrons. The van der Waals surface area contributed by atoms with Gasteiger partial charge in [-0.3, -0.25) is 9.89 Å². The first-order valence-corrected chi connectivity index (χ1v) is 7.15. The highest BCUT2D eigenvalue weighted by atomic mass is 16.2. The number of carbonyl (C=O) groups excluding carboxylic acids is 1. The highest BCUT2D eigenvalue weighted by Crippen LogP contribution is 2.17. The molecule has 1 aliphatic heterocycles. The molecular weight excluding hydrogens is 242 g/mol. The van der Waals surface area contributed by atoms with Crippen molar-refractivity contribution in [3.63, 3.8) is 0 Å². The van der Waals surface area contributed by atoms with Crippen molar-refractivity contribution >= 4 is 5.91 Å². The molecule has 1 aromatic heterocycles. The summed E-state index contributed by atoms with van der Waals surface area (Å²) in [5.41, 5.74) is 0. The molecule has 2 heterocycles. The number of nitrogens with zero attached hydrogens (tertiary/aromatic N) is 3. The molecule has 0 saturated carbocycles. The normalized spacial score (nSPS) is 16.8. The van der Waals surface area contributed by atoms with E-state index in [9.17, 15) is 4.79 Å². The number of amides is 1. The average Bonchev–Trinajstić information content (AvgIpc) is 2.94. The Balaban J connectivity index is 1.85. The summed E-state index contributed by atoms with van der Waals surface area (Å²) in [6.07, 6.45) is 2.89. The van der Waals surface area contributed by atoms with Crippen molar-refractivity contribution < 1.29 is 4.79 Å². The first-order valence-electron chi connectivity index (χ1n) is 7.15. The Morgan fingerprint density at radius 2 is 2.16 bits per heavy atom. The number of likely N-dealkylation sites (tertiary alicyclic amines) is 1. The van der Waals surface area contributed by atoms with E-state index in [4.69, 9.17) is 0 Å². The topological polar surface area (TPSA) is 73.9 Å². The lowest BCUT2D eigenvalue weighted by molar-refractivity contribution is 0.0678. The summed E-state index contributed by atoms with van der Waals surface area (Å²) in [6, 6.07) is 0. The number of carbonyl (C=O) groups is 1. The number of rotatable bonds is 5. The standard InChI is InChI=1S/C13H23N5O/c1-3-11-15-12(17-16-11)13(19)18-7-5-10(6-8-18)9-14-4-2/h10,14H,3-9H2,1-2H3,(H,15,16,17). The zero-order valence-electron chi connectivity index (χ0n) is 11.8. The molecule has 106 valence electrons. The highest BCUT2D eigenvalue weighted by molar-refractivity contribution is 5.90. The molecule has 0 spiro atoms. The maximum Gasteiger partial charge on any atom is 0.293 e. The zero-order chi connectivity index (χ0) is 13.7. The zero-order valence-corrected chi connectivity index (χ0v) is 11.8. The summed E-state index contributed by atoms with van der Waals surface area (Å²) in [7, 11) is 0. The van der Waals surface area contributed by atoms with Gasteiger partial charge in [0, 0.05) is 19.5 Å². The molecule has 2 rings (SSSR count). The van der Waals surface area contributed by atoms with Gasteiger partial charge in [0.2, 0.25) is 5.82 Å². The lowest BCUT2D eigenvalue weighted by atomic mass is 9.97. The lowest BCUT2D eigenvalue weighted by Gasteiger charge is -2.31. The van der Waals surface area contributed by atoms with Gasteiger partial charge < -0.3 is 10.2 Å². The van der Waals surface area contributed by atoms with E-state index in [1.165, 1.54) is 0 Å². The van der Waals surface area contributed by atoms with Crippen molar-refractivity contribution in [3.05, 3.63) is 11.6 Å². The molecule has 1 aliphatic rings. The van der Waals surface area contributed by atoms with Crippen LogP contribution in [-0.4, -0.2) is 52.2 Å². The summed E-state index contributed by atoms with van der Waals surface area (Å²) in [4.78, 5) is 18.3. The first kappa shape index (κ1) is 14.0. The van der Waals surface area contributed by atoms with Gasteiger partial charge in [-0.15, -0.1) is 5.10 Å². The lowest BCUT2D eigenvalue weighted by Crippen LogP contribution is -2.41. The largest absolute Gasteiger partial charge is 0.336 e. The van der Waals surface area contributed by atoms with E-state index in [-0.39, 0.29) is 5.91 Å². The molecule has 6 heteroatoms. The van der Waals surface area contributed by atoms with E-state index in [1.54, 1.807) is 0 Å². The van der Waals surface area contributed by atoms with Gasteiger partial charge >= 0.3 is 0 Å². The predicted octanol–water partition coefficient (Wildman–Crippen LogP) is 0.829. The molecule has 19 heavy (non-hydrogen) atoms. The third-order valence-electron chi connectivity index (χ3n) is 3.64. The molecular formula is C13H23N5O. The number of aryl methyl sites for hydroxylation is 1. The molecule has 1 fully saturated rings. The van der Waals surface area contributed by atoms with Crippen molar-refractivity contribution in [2.24, 2.45) is 5.92 Å². The summed E-state index contributed by atoms with van der Waals surface area (Å²) < 4.78 is 0. The van der Waals surface area contributed by atoms with Crippen LogP contribution in [0.15, 0.2) is 0 Å². The minimum Gasteiger partial charge on any atom is -0.336 e. The van der Waals surface area contributed by atoms with Crippen molar-refractivity contribution in [1.29, 1.82) is 0 Å². The number of aromatic amines is 1. The van der Waals surface area contributed by atoms with Crippen molar-refractivity contribution in [2.75, 3.05) is 26.2 Å². The number of piperidine rings is 1. The molecule has 0 aromatic carbocycles. The van der Waals surface area contributed by atoms with Crippen LogP contribution in [-0.2, 0) is 6.42 Å². The van der Waals surface area contributed by atoms with E-state index < -0.39 is 0 Å². The maximum absolute atomic E-state index is 12.2. The third-order valence-corrected chi connectivity index (χ3v) is 3.64. The summed E-state index contributed by atoms with van der Waals surface area (Å²) in [6.45, 7) is 7.79. The number of nitrogens with one attached hydrogen (secondary N) is 2. The number of hydrogen-bond acceptors (Lipinski definition) is 4. The van der Waals surface area contributed by atoms with Gasteiger partial charge in [-0.1, -0.05) is 13.8 Å². The van der Waals surface area contributed by atoms with Gasteiger partial charge in [-0.2, -0.15) is 0 Å². The molecule has 0 atom stereocenters. The smallest absolute Gasteiger partial charge is 0.293 e. The summed E-state index contributed by atoms with van der Waals surface area (Å²) >= 11 is 0. The van der Waals surface area contributed by atoms with E-state index in [0.717, 1.165) is 51.3 Å². The van der Waals surface area contributed by atoms with Crippen LogP contribution >= 0.6 is 0 Å². The number of aromatic nitrogens is 3. The Morgan fingerprint density at radius 3 is 2.74 bits per heavy atom. The Kier molecular flexibility index (Phi) is 4.90. The Bertz CT molecular complexity index is 409. The predicted molar refractivity (Wildman–Crippen MR) is 72.9 cm³/mol. The Hall–Kier alpha value is -1.43. The molecule has 1 saturated heterocycles. The van der Waals surface area contributed by atoms with E-state index in [2.05, 4.69) is 27.4 Å². The molecule has 0 unspecified atom stereocenters. The molecule has 6 nitrogen and oxygen atoms in total. The minimum atomic E-state index is -0.0437. The fourth-order valence-electron chi connectivity index (χ4n) is 2.38. The molecule has 1 aromatic rings. The van der Waals surface area contributed by atoms with Gasteiger partial charge in [0.15, 0.2) is 0 Å². The Morgan fingerprint density at radius 1 is 1.42 bits per heavy atom. The van der Waals surface area contributed by atoms with Gasteiger partial charge in [0.1, 0.15) is 5.82 Å². The van der Waals surface area contributed by atoms with Crippen LogP contribution in [0.5, 0.6) is 0 Å². The minimum absolute atomic E-state index is 0.0437. The van der Waals surface area contributed by atoms with E-state index in [1.807, 2.05) is 11.8 Å². The van der Waals surface area contributed by atoms with Gasteiger partial charge in [-0.05, 0) is 31.8 Å². The van der Waals surface area contributed by atoms with Crippen LogP contribution in [0, 0.1) is 5.92 Å². The number of hydrogen-bond donors (Lipinski definition) is 2. The van der Waals surface area contributed by atoms with Crippen LogP contribution in [0.1, 0.15) is 43.1 Å². The second kappa shape index (κ2) is 6.65.